The average molecular weight is 412 g/mol. The number of tetrazole rings is 1. The molecule has 0 aliphatic rings. The lowest BCUT2D eigenvalue weighted by molar-refractivity contribution is -0.143. The molecule has 1 aromatic heterocycles. The fourth-order valence-corrected chi connectivity index (χ4v) is 3.04. The third-order valence-corrected chi connectivity index (χ3v) is 4.32. The quantitative estimate of drug-likeness (QED) is 0.479. The highest BCUT2D eigenvalue weighted by Gasteiger charge is 2.38. The molecule has 0 spiro atoms. The van der Waals surface area contributed by atoms with Crippen molar-refractivity contribution < 1.29 is 36.6 Å². The maximum Gasteiger partial charge on any atom is 0.416 e. The molecule has 0 amide bonds. The fraction of sp³-hybridized carbons (Fsp3) is 0.562. The summed E-state index contributed by atoms with van der Waals surface area (Å²) < 4.78 is 78.4. The Bertz CT molecular complexity index is 729. The number of alkyl halides is 6. The summed E-state index contributed by atoms with van der Waals surface area (Å²) in [7, 11) is 0. The maximum atomic E-state index is 13.1. The molecule has 0 fully saturated rings. The van der Waals surface area contributed by atoms with Gasteiger partial charge in [-0.25, -0.2) is 0 Å². The minimum absolute atomic E-state index is 0.0301. The number of nitrogens with zero attached hydrogens (tertiary/aromatic N) is 3. The van der Waals surface area contributed by atoms with Gasteiger partial charge >= 0.3 is 12.4 Å². The first-order chi connectivity index (χ1) is 12.9. The highest BCUT2D eigenvalue weighted by Crippen LogP contribution is 2.38. The van der Waals surface area contributed by atoms with Crippen LogP contribution in [0.3, 0.4) is 0 Å². The van der Waals surface area contributed by atoms with Crippen LogP contribution < -0.4 is 0 Å². The van der Waals surface area contributed by atoms with Crippen LogP contribution in [-0.2, 0) is 18.8 Å². The van der Waals surface area contributed by atoms with E-state index < -0.39 is 41.6 Å². The van der Waals surface area contributed by atoms with Gasteiger partial charge in [0, 0.05) is 11.8 Å². The minimum atomic E-state index is -4.98. The molecule has 0 saturated heterocycles. The lowest BCUT2D eigenvalue weighted by atomic mass is 9.82. The molecule has 2 rings (SSSR count). The van der Waals surface area contributed by atoms with Crippen LogP contribution in [0.4, 0.5) is 26.3 Å². The number of aliphatic hydroxyl groups is 2. The van der Waals surface area contributed by atoms with Gasteiger partial charge in [0.1, 0.15) is 0 Å². The molecule has 6 nitrogen and oxygen atoms in total. The Kier molecular flexibility index (Phi) is 6.65. The number of H-pyrrole nitrogens is 1. The monoisotopic (exact) mass is 412 g/mol. The summed E-state index contributed by atoms with van der Waals surface area (Å²) in [5, 5.41) is 32.3. The molecule has 156 valence electrons. The predicted octanol–water partition coefficient (Wildman–Crippen LogP) is 3.29. The Morgan fingerprint density at radius 2 is 1.57 bits per heavy atom. The van der Waals surface area contributed by atoms with Crippen molar-refractivity contribution in [3.05, 3.63) is 40.7 Å². The van der Waals surface area contributed by atoms with Crippen LogP contribution in [0.25, 0.3) is 0 Å². The summed E-state index contributed by atoms with van der Waals surface area (Å²) in [4.78, 5) is 0. The molecule has 0 aliphatic carbocycles. The second-order valence-electron chi connectivity index (χ2n) is 6.36. The van der Waals surface area contributed by atoms with Crippen LogP contribution in [0, 0.1) is 5.92 Å². The van der Waals surface area contributed by atoms with Crippen molar-refractivity contribution in [2.24, 2.45) is 5.92 Å². The topological polar surface area (TPSA) is 94.9 Å². The summed E-state index contributed by atoms with van der Waals surface area (Å²) in [6, 6.07) is 1.25. The Labute approximate surface area is 155 Å². The largest absolute Gasteiger partial charge is 0.416 e. The Balaban J connectivity index is 2.51. The van der Waals surface area contributed by atoms with Gasteiger partial charge in [-0.3, -0.25) is 0 Å². The molecular weight excluding hydrogens is 394 g/mol. The van der Waals surface area contributed by atoms with Crippen LogP contribution in [-0.4, -0.2) is 37.1 Å². The molecule has 0 bridgehead atoms. The molecular formula is C16H18F6N4O2. The third-order valence-electron chi connectivity index (χ3n) is 4.32. The van der Waals surface area contributed by atoms with Crippen LogP contribution in [0.2, 0.25) is 0 Å². The molecule has 0 aliphatic heterocycles. The molecule has 1 heterocycles. The van der Waals surface area contributed by atoms with E-state index in [0.29, 0.717) is 18.6 Å². The van der Waals surface area contributed by atoms with Crippen LogP contribution in [0.5, 0.6) is 0 Å². The number of rotatable bonds is 7. The molecule has 0 radical (unpaired) electrons. The van der Waals surface area contributed by atoms with Gasteiger partial charge in [0.15, 0.2) is 12.1 Å². The van der Waals surface area contributed by atoms with E-state index in [4.69, 9.17) is 0 Å². The van der Waals surface area contributed by atoms with Gasteiger partial charge in [0.25, 0.3) is 0 Å². The van der Waals surface area contributed by atoms with E-state index >= 15 is 0 Å². The molecule has 12 heteroatoms. The molecule has 2 aromatic rings. The Morgan fingerprint density at radius 1 is 1.00 bits per heavy atom. The van der Waals surface area contributed by atoms with Crippen molar-refractivity contribution in [2.75, 3.05) is 0 Å². The van der Waals surface area contributed by atoms with Crippen molar-refractivity contribution in [3.63, 3.8) is 0 Å². The highest BCUT2D eigenvalue weighted by molar-refractivity contribution is 5.34. The van der Waals surface area contributed by atoms with E-state index in [-0.39, 0.29) is 30.3 Å². The lowest BCUT2D eigenvalue weighted by Crippen LogP contribution is -2.28. The number of aromatic nitrogens is 4. The summed E-state index contributed by atoms with van der Waals surface area (Å²) in [6.45, 7) is 1.74. The lowest BCUT2D eigenvalue weighted by Gasteiger charge is -2.26. The average Bonchev–Trinajstić information content (AvgIpc) is 3.10. The van der Waals surface area contributed by atoms with E-state index in [9.17, 15) is 36.6 Å². The SMILES string of the molecule is CCC[C@H](C(O)O)[C@H](Cc1cc(C(F)(F)F)cc(C(F)(F)F)c1)c1nn[nH]n1. The van der Waals surface area contributed by atoms with Gasteiger partial charge in [-0.15, -0.1) is 10.2 Å². The van der Waals surface area contributed by atoms with Crippen molar-refractivity contribution >= 4 is 0 Å². The van der Waals surface area contributed by atoms with Crippen molar-refractivity contribution in [1.29, 1.82) is 0 Å². The maximum absolute atomic E-state index is 13.1. The van der Waals surface area contributed by atoms with Crippen LogP contribution in [0.15, 0.2) is 18.2 Å². The Morgan fingerprint density at radius 3 is 1.96 bits per heavy atom. The molecule has 28 heavy (non-hydrogen) atoms. The number of aliphatic hydroxyl groups excluding tert-OH is 1. The van der Waals surface area contributed by atoms with Gasteiger partial charge in [-0.1, -0.05) is 18.6 Å². The summed E-state index contributed by atoms with van der Waals surface area (Å²) in [5.74, 6) is -1.90. The van der Waals surface area contributed by atoms with Gasteiger partial charge in [-0.05, 0) is 36.6 Å². The standard InChI is InChI=1S/C16H18F6N4O2/c1-2-3-11(14(27)28)12(13-23-25-26-24-13)6-8-4-9(15(17,18)19)7-10(5-8)16(20,21)22/h4-5,7,11-12,14,27-28H,2-3,6H2,1H3,(H,23,24,25,26)/t11-,12-/m0/s1. The minimum Gasteiger partial charge on any atom is -0.368 e. The summed E-state index contributed by atoms with van der Waals surface area (Å²) in [5.41, 5.74) is -3.17. The molecule has 0 saturated carbocycles. The normalized spacial score (nSPS) is 15.1. The number of halogens is 6. The van der Waals surface area contributed by atoms with E-state index in [1.807, 2.05) is 0 Å². The molecule has 2 atom stereocenters. The van der Waals surface area contributed by atoms with E-state index in [0.717, 1.165) is 0 Å². The zero-order valence-electron chi connectivity index (χ0n) is 14.6. The number of hydrogen-bond acceptors (Lipinski definition) is 5. The van der Waals surface area contributed by atoms with Crippen LogP contribution in [0.1, 0.15) is 48.2 Å². The van der Waals surface area contributed by atoms with Gasteiger partial charge in [0.2, 0.25) is 0 Å². The second kappa shape index (κ2) is 8.43. The zero-order valence-corrected chi connectivity index (χ0v) is 14.6. The van der Waals surface area contributed by atoms with Crippen molar-refractivity contribution in [3.8, 4) is 0 Å². The fourth-order valence-electron chi connectivity index (χ4n) is 3.04. The highest BCUT2D eigenvalue weighted by atomic mass is 19.4. The zero-order chi connectivity index (χ0) is 21.1. The van der Waals surface area contributed by atoms with E-state index in [1.165, 1.54) is 0 Å². The molecule has 1 aromatic carbocycles. The van der Waals surface area contributed by atoms with Crippen molar-refractivity contribution in [1.82, 2.24) is 20.6 Å². The summed E-state index contributed by atoms with van der Waals surface area (Å²) >= 11 is 0. The first-order valence-corrected chi connectivity index (χ1v) is 8.31. The Hall–Kier alpha value is -2.21. The number of nitrogens with one attached hydrogen (secondary N) is 1. The predicted molar refractivity (Wildman–Crippen MR) is 83.7 cm³/mol. The van der Waals surface area contributed by atoms with Gasteiger partial charge in [0.05, 0.1) is 11.1 Å². The van der Waals surface area contributed by atoms with E-state index in [1.54, 1.807) is 6.92 Å². The van der Waals surface area contributed by atoms with E-state index in [2.05, 4.69) is 20.6 Å². The van der Waals surface area contributed by atoms with Crippen LogP contribution >= 0.6 is 0 Å². The van der Waals surface area contributed by atoms with Gasteiger partial charge in [-0.2, -0.15) is 31.6 Å². The first-order valence-electron chi connectivity index (χ1n) is 8.31. The smallest absolute Gasteiger partial charge is 0.368 e. The summed E-state index contributed by atoms with van der Waals surface area (Å²) in [6.07, 6.45) is -11.5. The molecule has 0 unspecified atom stereocenters. The molecule has 3 N–H and O–H groups in total. The number of aromatic amines is 1. The number of hydrogen-bond donors (Lipinski definition) is 3. The van der Waals surface area contributed by atoms with Crippen molar-refractivity contribution in [2.45, 2.75) is 50.7 Å². The second-order valence-corrected chi connectivity index (χ2v) is 6.36. The van der Waals surface area contributed by atoms with Gasteiger partial charge < -0.3 is 10.2 Å². The number of benzene rings is 1. The first kappa shape index (κ1) is 22.1. The third kappa shape index (κ3) is 5.41.